The summed E-state index contributed by atoms with van der Waals surface area (Å²) < 4.78 is 38.7. The van der Waals surface area contributed by atoms with E-state index in [2.05, 4.69) is 5.32 Å². The van der Waals surface area contributed by atoms with Gasteiger partial charge in [-0.25, -0.2) is 8.42 Å². The molecular formula is C24H25ClN2O5S2. The molecule has 10 heteroatoms. The number of hydrogen-bond donors (Lipinski definition) is 1. The van der Waals surface area contributed by atoms with Gasteiger partial charge in [-0.15, -0.1) is 11.8 Å². The first-order valence-corrected chi connectivity index (χ1v) is 13.4. The number of ether oxygens (including phenoxy) is 2. The minimum atomic E-state index is -4.03. The van der Waals surface area contributed by atoms with Gasteiger partial charge in [0.2, 0.25) is 5.91 Å². The molecule has 0 aliphatic carbocycles. The summed E-state index contributed by atoms with van der Waals surface area (Å²) in [5, 5.41) is 3.02. The van der Waals surface area contributed by atoms with Crippen LogP contribution in [-0.4, -0.2) is 40.8 Å². The Morgan fingerprint density at radius 3 is 2.29 bits per heavy atom. The molecule has 7 nitrogen and oxygen atoms in total. The molecule has 0 unspecified atom stereocenters. The molecule has 3 aromatic carbocycles. The van der Waals surface area contributed by atoms with Gasteiger partial charge in [-0.3, -0.25) is 9.10 Å². The van der Waals surface area contributed by atoms with Gasteiger partial charge in [0.05, 0.1) is 29.3 Å². The summed E-state index contributed by atoms with van der Waals surface area (Å²) in [5.74, 6) is 0.539. The molecule has 0 radical (unpaired) electrons. The molecule has 0 saturated carbocycles. The number of thioether (sulfide) groups is 1. The number of nitrogens with one attached hydrogen (secondary N) is 1. The Kier molecular flexibility index (Phi) is 8.71. The fraction of sp³-hybridized carbons (Fsp3) is 0.208. The first kappa shape index (κ1) is 25.7. The van der Waals surface area contributed by atoms with Gasteiger partial charge in [-0.1, -0.05) is 11.6 Å². The Hall–Kier alpha value is -2.88. The fourth-order valence-electron chi connectivity index (χ4n) is 3.14. The number of methoxy groups -OCH3 is 1. The summed E-state index contributed by atoms with van der Waals surface area (Å²) in [4.78, 5) is 13.9. The third kappa shape index (κ3) is 6.16. The fourth-order valence-corrected chi connectivity index (χ4v) is 5.23. The second-order valence-electron chi connectivity index (χ2n) is 7.01. The Bertz CT molecular complexity index is 1230. The number of sulfonamides is 1. The van der Waals surface area contributed by atoms with Gasteiger partial charge in [-0.05, 0) is 79.9 Å². The van der Waals surface area contributed by atoms with Crippen LogP contribution in [-0.2, 0) is 14.8 Å². The number of anilines is 2. The lowest BCUT2D eigenvalue weighted by molar-refractivity contribution is -0.114. The van der Waals surface area contributed by atoms with Crippen molar-refractivity contribution in [2.45, 2.75) is 16.7 Å². The maximum Gasteiger partial charge on any atom is 0.264 e. The zero-order valence-corrected chi connectivity index (χ0v) is 21.3. The Morgan fingerprint density at radius 2 is 1.74 bits per heavy atom. The number of halogens is 1. The van der Waals surface area contributed by atoms with E-state index in [1.54, 1.807) is 48.5 Å². The Labute approximate surface area is 209 Å². The molecule has 0 bridgehead atoms. The van der Waals surface area contributed by atoms with Crippen molar-refractivity contribution in [1.82, 2.24) is 0 Å². The second kappa shape index (κ2) is 11.5. The number of benzene rings is 3. The third-order valence-electron chi connectivity index (χ3n) is 4.81. The average Bonchev–Trinajstić information content (AvgIpc) is 2.83. The number of carbonyl (C=O) groups is 1. The van der Waals surface area contributed by atoms with E-state index in [4.69, 9.17) is 21.1 Å². The summed E-state index contributed by atoms with van der Waals surface area (Å²) in [7, 11) is -2.54. The quantitative estimate of drug-likeness (QED) is 0.365. The molecule has 0 atom stereocenters. The molecule has 0 aromatic heterocycles. The molecule has 34 heavy (non-hydrogen) atoms. The third-order valence-corrected chi connectivity index (χ3v) is 7.63. The highest BCUT2D eigenvalue weighted by molar-refractivity contribution is 7.98. The number of hydrogen-bond acceptors (Lipinski definition) is 6. The topological polar surface area (TPSA) is 84.9 Å². The molecule has 3 rings (SSSR count). The summed E-state index contributed by atoms with van der Waals surface area (Å²) in [6, 6.07) is 17.8. The predicted octanol–water partition coefficient (Wildman–Crippen LogP) is 5.30. The summed E-state index contributed by atoms with van der Waals surface area (Å²) in [5.41, 5.74) is 0.754. The average molecular weight is 521 g/mol. The number of carbonyl (C=O) groups excluding carboxylic acids is 1. The lowest BCUT2D eigenvalue weighted by Gasteiger charge is -2.24. The van der Waals surface area contributed by atoms with E-state index >= 15 is 0 Å². The summed E-state index contributed by atoms with van der Waals surface area (Å²) >= 11 is 7.64. The van der Waals surface area contributed by atoms with Gasteiger partial charge in [0.15, 0.2) is 0 Å². The summed E-state index contributed by atoms with van der Waals surface area (Å²) in [6.07, 6.45) is 1.91. The first-order chi connectivity index (χ1) is 16.3. The van der Waals surface area contributed by atoms with Crippen molar-refractivity contribution in [3.63, 3.8) is 0 Å². The summed E-state index contributed by atoms with van der Waals surface area (Å²) in [6.45, 7) is 1.90. The van der Waals surface area contributed by atoms with E-state index in [1.165, 1.54) is 37.1 Å². The van der Waals surface area contributed by atoms with Crippen molar-refractivity contribution in [3.05, 3.63) is 71.8 Å². The monoisotopic (exact) mass is 520 g/mol. The highest BCUT2D eigenvalue weighted by atomic mass is 35.5. The number of nitrogens with zero attached hydrogens (tertiary/aromatic N) is 1. The molecule has 1 N–H and O–H groups in total. The first-order valence-electron chi connectivity index (χ1n) is 10.3. The highest BCUT2D eigenvalue weighted by Crippen LogP contribution is 2.29. The predicted molar refractivity (Wildman–Crippen MR) is 137 cm³/mol. The Morgan fingerprint density at radius 1 is 1.06 bits per heavy atom. The van der Waals surface area contributed by atoms with Crippen molar-refractivity contribution in [2.75, 3.05) is 36.1 Å². The minimum Gasteiger partial charge on any atom is -0.495 e. The van der Waals surface area contributed by atoms with Crippen LogP contribution in [0.5, 0.6) is 11.5 Å². The maximum atomic E-state index is 13.5. The molecule has 0 spiro atoms. The smallest absolute Gasteiger partial charge is 0.264 e. The Balaban J connectivity index is 1.92. The van der Waals surface area contributed by atoms with Gasteiger partial charge in [-0.2, -0.15) is 0 Å². The molecule has 0 saturated heterocycles. The van der Waals surface area contributed by atoms with Crippen LogP contribution in [0.4, 0.5) is 11.4 Å². The number of amides is 1. The van der Waals surface area contributed by atoms with Crippen LogP contribution in [0.25, 0.3) is 0 Å². The van der Waals surface area contributed by atoms with Gasteiger partial charge in [0.25, 0.3) is 10.0 Å². The van der Waals surface area contributed by atoms with Gasteiger partial charge in [0.1, 0.15) is 18.0 Å². The van der Waals surface area contributed by atoms with Crippen molar-refractivity contribution in [3.8, 4) is 11.5 Å². The highest BCUT2D eigenvalue weighted by Gasteiger charge is 2.27. The van der Waals surface area contributed by atoms with E-state index in [0.717, 1.165) is 9.20 Å². The van der Waals surface area contributed by atoms with Crippen LogP contribution >= 0.6 is 23.4 Å². The van der Waals surface area contributed by atoms with Crippen molar-refractivity contribution in [1.29, 1.82) is 0 Å². The lowest BCUT2D eigenvalue weighted by Crippen LogP contribution is -2.38. The second-order valence-corrected chi connectivity index (χ2v) is 10.2. The molecule has 0 heterocycles. The van der Waals surface area contributed by atoms with E-state index in [1.807, 2.05) is 13.2 Å². The van der Waals surface area contributed by atoms with Crippen molar-refractivity contribution >= 4 is 50.7 Å². The standard InChI is InChI=1S/C24H25ClN2O5S2/c1-4-32-19-8-6-18(7-9-19)27(34(29,30)21-12-10-20(33-3)11-13-21)16-24(28)26-17-5-14-23(31-2)22(25)15-17/h5-15H,4,16H2,1-3H3,(H,26,28). The SMILES string of the molecule is CCOc1ccc(N(CC(=O)Nc2ccc(OC)c(Cl)c2)S(=O)(=O)c2ccc(SC)cc2)cc1. The zero-order chi connectivity index (χ0) is 24.7. The van der Waals surface area contributed by atoms with Crippen molar-refractivity contribution < 1.29 is 22.7 Å². The van der Waals surface area contributed by atoms with Crippen LogP contribution in [0.3, 0.4) is 0 Å². The van der Waals surface area contributed by atoms with Crippen LogP contribution in [0.1, 0.15) is 6.92 Å². The normalized spacial score (nSPS) is 11.1. The molecule has 180 valence electrons. The molecular weight excluding hydrogens is 496 g/mol. The maximum absolute atomic E-state index is 13.5. The molecule has 3 aromatic rings. The molecule has 0 fully saturated rings. The molecule has 1 amide bonds. The van der Waals surface area contributed by atoms with Gasteiger partial charge in [0, 0.05) is 10.6 Å². The van der Waals surface area contributed by atoms with E-state index < -0.39 is 22.5 Å². The van der Waals surface area contributed by atoms with E-state index in [0.29, 0.717) is 34.5 Å². The lowest BCUT2D eigenvalue weighted by atomic mass is 10.3. The van der Waals surface area contributed by atoms with Crippen LogP contribution in [0, 0.1) is 0 Å². The van der Waals surface area contributed by atoms with Crippen LogP contribution in [0.15, 0.2) is 76.5 Å². The zero-order valence-electron chi connectivity index (χ0n) is 18.9. The molecule has 0 aliphatic heterocycles. The van der Waals surface area contributed by atoms with Crippen molar-refractivity contribution in [2.24, 2.45) is 0 Å². The van der Waals surface area contributed by atoms with Crippen LogP contribution in [0.2, 0.25) is 5.02 Å². The molecule has 0 aliphatic rings. The van der Waals surface area contributed by atoms with Gasteiger partial charge < -0.3 is 14.8 Å². The van der Waals surface area contributed by atoms with E-state index in [9.17, 15) is 13.2 Å². The van der Waals surface area contributed by atoms with Gasteiger partial charge >= 0.3 is 0 Å². The minimum absolute atomic E-state index is 0.0828. The number of rotatable bonds is 10. The van der Waals surface area contributed by atoms with E-state index in [-0.39, 0.29) is 4.90 Å². The van der Waals surface area contributed by atoms with Crippen LogP contribution < -0.4 is 19.1 Å². The largest absolute Gasteiger partial charge is 0.495 e.